The fraction of sp³-hybridized carbons (Fsp3) is 0.462. The first-order chi connectivity index (χ1) is 8.11. The van der Waals surface area contributed by atoms with E-state index in [0.717, 1.165) is 30.6 Å². The van der Waals surface area contributed by atoms with E-state index in [1.54, 1.807) is 12.1 Å². The van der Waals surface area contributed by atoms with Gasteiger partial charge in [-0.25, -0.2) is 0 Å². The van der Waals surface area contributed by atoms with E-state index in [0.29, 0.717) is 16.8 Å². The zero-order valence-electron chi connectivity index (χ0n) is 9.75. The summed E-state index contributed by atoms with van der Waals surface area (Å²) in [6.07, 6.45) is 1.00. The highest BCUT2D eigenvalue weighted by Gasteiger charge is 2.26. The predicted molar refractivity (Wildman–Crippen MR) is 70.9 cm³/mol. The third-order valence-electron chi connectivity index (χ3n) is 3.21. The molecule has 0 saturated carbocycles. The molecule has 0 aromatic heterocycles. The Morgan fingerprint density at radius 2 is 2.29 bits per heavy atom. The van der Waals surface area contributed by atoms with Crippen molar-refractivity contribution in [3.63, 3.8) is 0 Å². The lowest BCUT2D eigenvalue weighted by Crippen LogP contribution is -2.29. The van der Waals surface area contributed by atoms with E-state index in [2.05, 4.69) is 0 Å². The lowest BCUT2D eigenvalue weighted by Gasteiger charge is -2.17. The van der Waals surface area contributed by atoms with Crippen molar-refractivity contribution < 1.29 is 4.79 Å². The van der Waals surface area contributed by atoms with E-state index in [1.807, 2.05) is 17.9 Å². The van der Waals surface area contributed by atoms with Crippen molar-refractivity contribution in [2.24, 2.45) is 5.92 Å². The number of nitrogens with zero attached hydrogens (tertiary/aromatic N) is 1. The summed E-state index contributed by atoms with van der Waals surface area (Å²) in [5.74, 6) is 1.16. The van der Waals surface area contributed by atoms with Gasteiger partial charge in [-0.15, -0.1) is 11.6 Å². The van der Waals surface area contributed by atoms with Gasteiger partial charge in [0.05, 0.1) is 0 Å². The molecule has 2 rings (SSSR count). The van der Waals surface area contributed by atoms with E-state index in [-0.39, 0.29) is 5.91 Å². The van der Waals surface area contributed by atoms with Crippen LogP contribution < -0.4 is 0 Å². The lowest BCUT2D eigenvalue weighted by atomic mass is 10.1. The zero-order chi connectivity index (χ0) is 12.4. The van der Waals surface area contributed by atoms with Crippen LogP contribution in [0.5, 0.6) is 0 Å². The molecule has 1 heterocycles. The molecule has 1 aliphatic rings. The van der Waals surface area contributed by atoms with E-state index in [4.69, 9.17) is 23.2 Å². The van der Waals surface area contributed by atoms with Gasteiger partial charge in [0, 0.05) is 29.6 Å². The molecule has 17 heavy (non-hydrogen) atoms. The van der Waals surface area contributed by atoms with E-state index in [1.165, 1.54) is 0 Å². The molecule has 1 unspecified atom stereocenters. The Bertz CT molecular complexity index is 433. The molecule has 92 valence electrons. The number of alkyl halides is 1. The maximum absolute atomic E-state index is 12.3. The van der Waals surface area contributed by atoms with Gasteiger partial charge in [0.1, 0.15) is 0 Å². The monoisotopic (exact) mass is 271 g/mol. The first-order valence-electron chi connectivity index (χ1n) is 5.73. The number of amides is 1. The van der Waals surface area contributed by atoms with Gasteiger partial charge in [0.15, 0.2) is 0 Å². The molecule has 1 saturated heterocycles. The predicted octanol–water partition coefficient (Wildman–Crippen LogP) is 3.35. The van der Waals surface area contributed by atoms with Crippen LogP contribution in [0.2, 0.25) is 5.02 Å². The molecule has 1 amide bonds. The van der Waals surface area contributed by atoms with Gasteiger partial charge in [0.2, 0.25) is 0 Å². The maximum Gasteiger partial charge on any atom is 0.254 e. The summed E-state index contributed by atoms with van der Waals surface area (Å²) < 4.78 is 0. The normalized spacial score (nSPS) is 19.7. The van der Waals surface area contributed by atoms with Crippen LogP contribution in [0.1, 0.15) is 22.3 Å². The first-order valence-corrected chi connectivity index (χ1v) is 6.64. The third kappa shape index (κ3) is 2.75. The number of carbonyl (C=O) groups is 1. The van der Waals surface area contributed by atoms with Crippen LogP contribution in [0.3, 0.4) is 0 Å². The summed E-state index contributed by atoms with van der Waals surface area (Å²) in [6.45, 7) is 3.48. The van der Waals surface area contributed by atoms with Crippen LogP contribution in [0, 0.1) is 12.8 Å². The maximum atomic E-state index is 12.3. The molecule has 0 N–H and O–H groups in total. The topological polar surface area (TPSA) is 20.3 Å². The molecule has 1 aromatic carbocycles. The largest absolute Gasteiger partial charge is 0.338 e. The second kappa shape index (κ2) is 5.28. The van der Waals surface area contributed by atoms with Gasteiger partial charge in [0.25, 0.3) is 5.91 Å². The van der Waals surface area contributed by atoms with Gasteiger partial charge in [-0.3, -0.25) is 4.79 Å². The van der Waals surface area contributed by atoms with Crippen LogP contribution >= 0.6 is 23.2 Å². The van der Waals surface area contributed by atoms with Crippen LogP contribution in [-0.2, 0) is 0 Å². The highest BCUT2D eigenvalue weighted by Crippen LogP contribution is 2.22. The van der Waals surface area contributed by atoms with Crippen molar-refractivity contribution in [1.29, 1.82) is 0 Å². The molecule has 2 nitrogen and oxygen atoms in total. The van der Waals surface area contributed by atoms with Gasteiger partial charge in [-0.05, 0) is 43.0 Å². The SMILES string of the molecule is Cc1cc(Cl)ccc1C(=O)N1CCC(CCl)C1. The quantitative estimate of drug-likeness (QED) is 0.756. The minimum absolute atomic E-state index is 0.0896. The second-order valence-corrected chi connectivity index (χ2v) is 5.26. The van der Waals surface area contributed by atoms with Crippen molar-refractivity contribution in [2.75, 3.05) is 19.0 Å². The Kier molecular flexibility index (Phi) is 3.95. The summed E-state index contributed by atoms with van der Waals surface area (Å²) in [6, 6.07) is 5.38. The number of aryl methyl sites for hydroxylation is 1. The standard InChI is InChI=1S/C13H15Cl2NO/c1-9-6-11(15)2-3-12(9)13(17)16-5-4-10(7-14)8-16/h2-3,6,10H,4-5,7-8H2,1H3. The fourth-order valence-corrected chi connectivity index (χ4v) is 2.66. The number of hydrogen-bond acceptors (Lipinski definition) is 1. The van der Waals surface area contributed by atoms with Gasteiger partial charge in [-0.2, -0.15) is 0 Å². The Balaban J connectivity index is 2.15. The molecule has 1 atom stereocenters. The van der Waals surface area contributed by atoms with Crippen molar-refractivity contribution >= 4 is 29.1 Å². The number of halogens is 2. The Morgan fingerprint density at radius 3 is 2.88 bits per heavy atom. The van der Waals surface area contributed by atoms with Gasteiger partial charge < -0.3 is 4.90 Å². The van der Waals surface area contributed by atoms with Crippen molar-refractivity contribution in [3.8, 4) is 0 Å². The molecular formula is C13H15Cl2NO. The zero-order valence-corrected chi connectivity index (χ0v) is 11.3. The molecule has 4 heteroatoms. The first kappa shape index (κ1) is 12.7. The molecule has 0 aliphatic carbocycles. The van der Waals surface area contributed by atoms with Crippen molar-refractivity contribution in [3.05, 3.63) is 34.3 Å². The molecule has 0 bridgehead atoms. The smallest absolute Gasteiger partial charge is 0.254 e. The molecule has 0 radical (unpaired) electrons. The molecule has 0 spiro atoms. The Labute approximate surface area is 112 Å². The summed E-state index contributed by atoms with van der Waals surface area (Å²) in [7, 11) is 0. The van der Waals surface area contributed by atoms with Gasteiger partial charge in [-0.1, -0.05) is 11.6 Å². The minimum atomic E-state index is 0.0896. The number of hydrogen-bond donors (Lipinski definition) is 0. The number of rotatable bonds is 2. The molecule has 1 fully saturated rings. The van der Waals surface area contributed by atoms with E-state index in [9.17, 15) is 4.79 Å². The van der Waals surface area contributed by atoms with Crippen LogP contribution in [0.4, 0.5) is 0 Å². The Hall–Kier alpha value is -0.730. The average molecular weight is 272 g/mol. The minimum Gasteiger partial charge on any atom is -0.338 e. The lowest BCUT2D eigenvalue weighted by molar-refractivity contribution is 0.0787. The third-order valence-corrected chi connectivity index (χ3v) is 3.88. The highest BCUT2D eigenvalue weighted by atomic mass is 35.5. The number of likely N-dealkylation sites (tertiary alicyclic amines) is 1. The summed E-state index contributed by atoms with van der Waals surface area (Å²) in [5.41, 5.74) is 1.67. The molecule has 1 aromatic rings. The fourth-order valence-electron chi connectivity index (χ4n) is 2.18. The summed E-state index contributed by atoms with van der Waals surface area (Å²) in [4.78, 5) is 14.2. The van der Waals surface area contributed by atoms with Crippen LogP contribution in [-0.4, -0.2) is 29.8 Å². The second-order valence-electron chi connectivity index (χ2n) is 4.52. The van der Waals surface area contributed by atoms with E-state index >= 15 is 0 Å². The number of benzene rings is 1. The summed E-state index contributed by atoms with van der Waals surface area (Å²) >= 11 is 11.7. The van der Waals surface area contributed by atoms with Crippen molar-refractivity contribution in [1.82, 2.24) is 4.90 Å². The summed E-state index contributed by atoms with van der Waals surface area (Å²) in [5, 5.41) is 0.666. The molecule has 1 aliphatic heterocycles. The van der Waals surface area contributed by atoms with Gasteiger partial charge >= 0.3 is 0 Å². The van der Waals surface area contributed by atoms with Crippen LogP contribution in [0.25, 0.3) is 0 Å². The molecular weight excluding hydrogens is 257 g/mol. The van der Waals surface area contributed by atoms with E-state index < -0.39 is 0 Å². The Morgan fingerprint density at radius 1 is 1.53 bits per heavy atom. The number of carbonyl (C=O) groups excluding carboxylic acids is 1. The highest BCUT2D eigenvalue weighted by molar-refractivity contribution is 6.30. The van der Waals surface area contributed by atoms with Crippen molar-refractivity contribution in [2.45, 2.75) is 13.3 Å². The average Bonchev–Trinajstić information content (AvgIpc) is 2.76. The van der Waals surface area contributed by atoms with Crippen LogP contribution in [0.15, 0.2) is 18.2 Å².